The van der Waals surface area contributed by atoms with Crippen LogP contribution >= 0.6 is 0 Å². The molecule has 138 valence electrons. The summed E-state index contributed by atoms with van der Waals surface area (Å²) in [6, 6.07) is 6.12. The molecule has 0 aliphatic carbocycles. The monoisotopic (exact) mass is 346 g/mol. The minimum absolute atomic E-state index is 0.323. The third kappa shape index (κ3) is 5.26. The Morgan fingerprint density at radius 1 is 1.16 bits per heavy atom. The van der Waals surface area contributed by atoms with Crippen molar-refractivity contribution < 1.29 is 9.47 Å². The molecule has 2 heterocycles. The maximum absolute atomic E-state index is 5.42. The SMILES string of the molecule is CN=C(NCCc1ccc2c(c1)OCO2)NCCN1CCC(C)CC1. The van der Waals surface area contributed by atoms with Crippen molar-refractivity contribution in [2.24, 2.45) is 10.9 Å². The van der Waals surface area contributed by atoms with E-state index in [1.165, 1.54) is 31.5 Å². The van der Waals surface area contributed by atoms with E-state index in [9.17, 15) is 0 Å². The summed E-state index contributed by atoms with van der Waals surface area (Å²) in [6.45, 7) is 7.96. The largest absolute Gasteiger partial charge is 0.454 e. The third-order valence-electron chi connectivity index (χ3n) is 4.96. The van der Waals surface area contributed by atoms with Gasteiger partial charge in [-0.15, -0.1) is 0 Å². The molecule has 0 radical (unpaired) electrons. The summed E-state index contributed by atoms with van der Waals surface area (Å²) in [5.74, 6) is 3.43. The van der Waals surface area contributed by atoms with E-state index >= 15 is 0 Å². The molecular weight excluding hydrogens is 316 g/mol. The van der Waals surface area contributed by atoms with E-state index in [0.29, 0.717) is 6.79 Å². The fourth-order valence-corrected chi connectivity index (χ4v) is 3.26. The Balaban J connectivity index is 1.34. The zero-order chi connectivity index (χ0) is 17.5. The Labute approximate surface area is 150 Å². The van der Waals surface area contributed by atoms with Gasteiger partial charge in [-0.2, -0.15) is 0 Å². The molecule has 2 aliphatic heterocycles. The van der Waals surface area contributed by atoms with E-state index in [1.807, 2.05) is 13.1 Å². The van der Waals surface area contributed by atoms with Crippen LogP contribution in [0.25, 0.3) is 0 Å². The Bertz CT molecular complexity index is 583. The Morgan fingerprint density at radius 2 is 1.92 bits per heavy atom. The van der Waals surface area contributed by atoms with Gasteiger partial charge >= 0.3 is 0 Å². The molecule has 6 nitrogen and oxygen atoms in total. The first-order valence-electron chi connectivity index (χ1n) is 9.30. The van der Waals surface area contributed by atoms with Crippen LogP contribution in [0.1, 0.15) is 25.3 Å². The van der Waals surface area contributed by atoms with Gasteiger partial charge in [-0.1, -0.05) is 13.0 Å². The number of hydrogen-bond acceptors (Lipinski definition) is 4. The Kier molecular flexibility index (Phi) is 6.39. The average Bonchev–Trinajstić information content (AvgIpc) is 3.10. The molecule has 1 aromatic carbocycles. The van der Waals surface area contributed by atoms with Crippen LogP contribution in [0.5, 0.6) is 11.5 Å². The highest BCUT2D eigenvalue weighted by molar-refractivity contribution is 5.79. The van der Waals surface area contributed by atoms with Crippen LogP contribution in [0.4, 0.5) is 0 Å². The number of nitrogens with zero attached hydrogens (tertiary/aromatic N) is 2. The number of rotatable bonds is 6. The summed E-state index contributed by atoms with van der Waals surface area (Å²) in [5.41, 5.74) is 1.23. The lowest BCUT2D eigenvalue weighted by atomic mass is 9.99. The van der Waals surface area contributed by atoms with Crippen molar-refractivity contribution >= 4 is 5.96 Å². The number of guanidine groups is 1. The van der Waals surface area contributed by atoms with Crippen molar-refractivity contribution in [3.05, 3.63) is 23.8 Å². The number of benzene rings is 1. The van der Waals surface area contributed by atoms with Crippen molar-refractivity contribution in [1.29, 1.82) is 0 Å². The first kappa shape index (κ1) is 17.9. The molecule has 2 aliphatic rings. The van der Waals surface area contributed by atoms with E-state index in [-0.39, 0.29) is 0 Å². The minimum Gasteiger partial charge on any atom is -0.454 e. The van der Waals surface area contributed by atoms with E-state index in [4.69, 9.17) is 9.47 Å². The molecule has 25 heavy (non-hydrogen) atoms. The summed E-state index contributed by atoms with van der Waals surface area (Å²) in [5, 5.41) is 6.79. The van der Waals surface area contributed by atoms with E-state index < -0.39 is 0 Å². The number of fused-ring (bicyclic) bond motifs is 1. The van der Waals surface area contributed by atoms with Crippen LogP contribution < -0.4 is 20.1 Å². The van der Waals surface area contributed by atoms with Gasteiger partial charge in [0.15, 0.2) is 17.5 Å². The second-order valence-corrected chi connectivity index (χ2v) is 6.89. The molecule has 1 fully saturated rings. The molecule has 6 heteroatoms. The molecule has 1 aromatic rings. The van der Waals surface area contributed by atoms with Gasteiger partial charge in [0.25, 0.3) is 0 Å². The van der Waals surface area contributed by atoms with Crippen LogP contribution in [0.15, 0.2) is 23.2 Å². The Morgan fingerprint density at radius 3 is 2.72 bits per heavy atom. The zero-order valence-electron chi connectivity index (χ0n) is 15.4. The van der Waals surface area contributed by atoms with Crippen LogP contribution in [0.3, 0.4) is 0 Å². The highest BCUT2D eigenvalue weighted by Crippen LogP contribution is 2.32. The highest BCUT2D eigenvalue weighted by atomic mass is 16.7. The molecule has 3 rings (SSSR count). The van der Waals surface area contributed by atoms with Crippen LogP contribution in [0.2, 0.25) is 0 Å². The van der Waals surface area contributed by atoms with Crippen molar-refractivity contribution in [2.75, 3.05) is 46.6 Å². The maximum Gasteiger partial charge on any atom is 0.231 e. The second kappa shape index (κ2) is 8.94. The lowest BCUT2D eigenvalue weighted by Crippen LogP contribution is -2.43. The molecule has 0 bridgehead atoms. The summed E-state index contributed by atoms with van der Waals surface area (Å²) < 4.78 is 10.8. The van der Waals surface area contributed by atoms with E-state index in [1.54, 1.807) is 0 Å². The smallest absolute Gasteiger partial charge is 0.231 e. The van der Waals surface area contributed by atoms with Gasteiger partial charge in [0.2, 0.25) is 6.79 Å². The van der Waals surface area contributed by atoms with Gasteiger partial charge in [0.1, 0.15) is 0 Å². The van der Waals surface area contributed by atoms with Gasteiger partial charge in [-0.05, 0) is 56.0 Å². The molecular formula is C19H30N4O2. The highest BCUT2D eigenvalue weighted by Gasteiger charge is 2.15. The minimum atomic E-state index is 0.323. The fourth-order valence-electron chi connectivity index (χ4n) is 3.26. The number of piperidine rings is 1. The second-order valence-electron chi connectivity index (χ2n) is 6.89. The normalized spacial score (nSPS) is 18.4. The summed E-state index contributed by atoms with van der Waals surface area (Å²) >= 11 is 0. The van der Waals surface area contributed by atoms with Gasteiger partial charge in [0, 0.05) is 26.7 Å². The molecule has 0 aromatic heterocycles. The lowest BCUT2D eigenvalue weighted by molar-refractivity contribution is 0.174. The van der Waals surface area contributed by atoms with Crippen LogP contribution in [0, 0.1) is 5.92 Å². The molecule has 0 saturated carbocycles. The van der Waals surface area contributed by atoms with Gasteiger partial charge in [-0.3, -0.25) is 4.99 Å². The van der Waals surface area contributed by atoms with E-state index in [2.05, 4.69) is 39.6 Å². The van der Waals surface area contributed by atoms with Crippen molar-refractivity contribution in [2.45, 2.75) is 26.2 Å². The number of likely N-dealkylation sites (tertiary alicyclic amines) is 1. The topological polar surface area (TPSA) is 58.1 Å². The Hall–Kier alpha value is -1.95. The van der Waals surface area contributed by atoms with Crippen LogP contribution in [-0.4, -0.2) is 57.4 Å². The molecule has 0 unspecified atom stereocenters. The number of nitrogens with one attached hydrogen (secondary N) is 2. The lowest BCUT2D eigenvalue weighted by Gasteiger charge is -2.30. The van der Waals surface area contributed by atoms with Gasteiger partial charge in [0.05, 0.1) is 0 Å². The predicted molar refractivity (Wildman–Crippen MR) is 100 cm³/mol. The van der Waals surface area contributed by atoms with E-state index in [0.717, 1.165) is 49.4 Å². The van der Waals surface area contributed by atoms with Crippen molar-refractivity contribution in [3.63, 3.8) is 0 Å². The van der Waals surface area contributed by atoms with Crippen molar-refractivity contribution in [3.8, 4) is 11.5 Å². The van der Waals surface area contributed by atoms with Crippen molar-refractivity contribution in [1.82, 2.24) is 15.5 Å². The molecule has 0 spiro atoms. The number of ether oxygens (including phenoxy) is 2. The molecule has 0 amide bonds. The maximum atomic E-state index is 5.42. The van der Waals surface area contributed by atoms with Crippen LogP contribution in [-0.2, 0) is 6.42 Å². The van der Waals surface area contributed by atoms with Gasteiger partial charge in [-0.25, -0.2) is 0 Å². The molecule has 0 atom stereocenters. The first-order chi connectivity index (χ1) is 12.2. The quantitative estimate of drug-likeness (QED) is 0.608. The first-order valence-corrected chi connectivity index (χ1v) is 9.30. The standard InChI is InChI=1S/C19H30N4O2/c1-15-6-10-23(11-7-15)12-9-22-19(20-2)21-8-5-16-3-4-17-18(13-16)25-14-24-17/h3-4,13,15H,5-12,14H2,1-2H3,(H2,20,21,22). The summed E-state index contributed by atoms with van der Waals surface area (Å²) in [4.78, 5) is 6.84. The summed E-state index contributed by atoms with van der Waals surface area (Å²) in [7, 11) is 1.82. The number of aliphatic imine (C=N–C) groups is 1. The average molecular weight is 346 g/mol. The zero-order valence-corrected chi connectivity index (χ0v) is 15.4. The molecule has 2 N–H and O–H groups in total. The number of hydrogen-bond donors (Lipinski definition) is 2. The molecule has 1 saturated heterocycles. The predicted octanol–water partition coefficient (Wildman–Crippen LogP) is 1.85. The van der Waals surface area contributed by atoms with Gasteiger partial charge < -0.3 is 25.0 Å². The third-order valence-corrected chi connectivity index (χ3v) is 4.96. The fraction of sp³-hybridized carbons (Fsp3) is 0.632. The summed E-state index contributed by atoms with van der Waals surface area (Å²) in [6.07, 6.45) is 3.56.